The topological polar surface area (TPSA) is 200 Å². The van der Waals surface area contributed by atoms with Gasteiger partial charge in [-0.05, 0) is 124 Å². The van der Waals surface area contributed by atoms with Gasteiger partial charge in [-0.25, -0.2) is 0 Å². The van der Waals surface area contributed by atoms with E-state index in [4.69, 9.17) is 46.4 Å². The second kappa shape index (κ2) is 21.5. The molecule has 68 heavy (non-hydrogen) atoms. The first-order chi connectivity index (χ1) is 31.7. The van der Waals surface area contributed by atoms with Gasteiger partial charge in [-0.3, -0.25) is 28.8 Å². The summed E-state index contributed by atoms with van der Waals surface area (Å²) < 4.78 is 79.5. The zero-order valence-corrected chi connectivity index (χ0v) is 38.3. The average Bonchev–Trinajstić information content (AvgIpc) is 3.24. The third-order valence-electron chi connectivity index (χ3n) is 9.40. The van der Waals surface area contributed by atoms with Crippen LogP contribution in [0, 0.1) is 13.8 Å². The highest BCUT2D eigenvalue weighted by molar-refractivity contribution is 6.37. The molecule has 0 spiro atoms. The number of amides is 4. The van der Waals surface area contributed by atoms with Crippen LogP contribution >= 0.6 is 46.4 Å². The van der Waals surface area contributed by atoms with Crippen molar-refractivity contribution in [3.63, 3.8) is 0 Å². The van der Waals surface area contributed by atoms with E-state index in [9.17, 15) is 55.1 Å². The SMILES string of the molecule is CC(=O)C(N=Nc1ccc(Cl)c(C(=O)Nc2cc(C(F)(F)F)ccc2Cl)c1)C(=O)Nc1cc(C)c(NC(=O)C(N=Nc2ccc(Cl)c(C(=O)Nc3cc(C(F)(F)F)ccc3Cl)c2)C(C)=O)cc1C. The van der Waals surface area contributed by atoms with Gasteiger partial charge in [0.2, 0.25) is 12.1 Å². The van der Waals surface area contributed by atoms with E-state index >= 15 is 0 Å². The minimum Gasteiger partial charge on any atom is -0.324 e. The van der Waals surface area contributed by atoms with Crippen molar-refractivity contribution in [1.29, 1.82) is 0 Å². The minimum absolute atomic E-state index is 0.0622. The van der Waals surface area contributed by atoms with Crippen LogP contribution in [0.1, 0.15) is 56.8 Å². The first kappa shape index (κ1) is 52.2. The lowest BCUT2D eigenvalue weighted by Crippen LogP contribution is -2.32. The van der Waals surface area contributed by atoms with Crippen molar-refractivity contribution in [2.45, 2.75) is 52.1 Å². The lowest BCUT2D eigenvalue weighted by Gasteiger charge is -2.16. The standard InChI is InChI=1S/C44H32Cl4F6N8O6/c1-19-13-34(56-42(68)38(22(4)64)62-60-26-8-12-30(46)28(18-26)40(66)58-36-16-24(44(52,53)54)6-10-32(36)48)20(2)14-33(19)55-41(67)37(21(3)63)61-59-25-7-11-29(45)27(17-25)39(65)57-35-15-23(43(49,50)51)5-9-31(35)47/h5-18,37-38H,1-4H3,(H,55,67)(H,56,68)(H,57,65)(H,58,66). The molecule has 5 aromatic carbocycles. The highest BCUT2D eigenvalue weighted by Crippen LogP contribution is 2.36. The van der Waals surface area contributed by atoms with E-state index < -0.39 is 70.8 Å². The molecule has 14 nitrogen and oxygen atoms in total. The predicted octanol–water partition coefficient (Wildman–Crippen LogP) is 12.8. The van der Waals surface area contributed by atoms with Gasteiger partial charge in [0.1, 0.15) is 0 Å². The summed E-state index contributed by atoms with van der Waals surface area (Å²) in [6, 6.07) is 11.5. The Balaban J connectivity index is 1.27. The fraction of sp³-hybridized carbons (Fsp3) is 0.182. The minimum atomic E-state index is -4.72. The Labute approximate surface area is 401 Å². The third kappa shape index (κ3) is 13.2. The van der Waals surface area contributed by atoms with Crippen molar-refractivity contribution in [3.8, 4) is 0 Å². The van der Waals surface area contributed by atoms with Gasteiger partial charge in [0.05, 0.1) is 65.1 Å². The Hall–Kier alpha value is -6.74. The van der Waals surface area contributed by atoms with Crippen LogP contribution in [-0.4, -0.2) is 47.3 Å². The molecule has 24 heteroatoms. The number of Topliss-reactive ketones (excluding diaryl/α,β-unsaturated/α-hetero) is 2. The van der Waals surface area contributed by atoms with E-state index in [1.807, 2.05) is 0 Å². The Morgan fingerprint density at radius 2 is 0.809 bits per heavy atom. The van der Waals surface area contributed by atoms with Crippen molar-refractivity contribution < 1.29 is 55.1 Å². The number of hydrogen-bond acceptors (Lipinski definition) is 10. The van der Waals surface area contributed by atoms with Crippen LogP contribution in [0.15, 0.2) is 105 Å². The van der Waals surface area contributed by atoms with E-state index in [0.29, 0.717) is 23.3 Å². The lowest BCUT2D eigenvalue weighted by molar-refractivity contribution is -0.138. The largest absolute Gasteiger partial charge is 0.416 e. The Bertz CT molecular complexity index is 2740. The number of nitrogens with one attached hydrogen (secondary N) is 4. The lowest BCUT2D eigenvalue weighted by atomic mass is 10.1. The second-order valence-electron chi connectivity index (χ2n) is 14.5. The van der Waals surface area contributed by atoms with Gasteiger partial charge < -0.3 is 21.3 Å². The molecule has 0 aliphatic rings. The van der Waals surface area contributed by atoms with Gasteiger partial charge in [0.15, 0.2) is 11.6 Å². The van der Waals surface area contributed by atoms with Crippen molar-refractivity contribution in [2.24, 2.45) is 20.5 Å². The number of carbonyl (C=O) groups is 6. The molecule has 0 fully saturated rings. The maximum Gasteiger partial charge on any atom is 0.416 e. The number of nitrogens with zero attached hydrogens (tertiary/aromatic N) is 4. The van der Waals surface area contributed by atoms with Crippen LogP contribution in [-0.2, 0) is 31.5 Å². The summed E-state index contributed by atoms with van der Waals surface area (Å²) in [7, 11) is 0. The number of ketones is 2. The highest BCUT2D eigenvalue weighted by atomic mass is 35.5. The normalized spacial score (nSPS) is 12.7. The number of carbonyl (C=O) groups excluding carboxylic acids is 6. The molecule has 0 saturated carbocycles. The highest BCUT2D eigenvalue weighted by Gasteiger charge is 2.33. The zero-order chi connectivity index (χ0) is 50.4. The molecule has 4 amide bonds. The zero-order valence-electron chi connectivity index (χ0n) is 35.3. The molecular formula is C44H32Cl4F6N8O6. The predicted molar refractivity (Wildman–Crippen MR) is 243 cm³/mol. The number of rotatable bonds is 14. The van der Waals surface area contributed by atoms with Crippen LogP contribution < -0.4 is 21.3 Å². The molecule has 2 atom stereocenters. The van der Waals surface area contributed by atoms with Gasteiger partial charge in [-0.15, -0.1) is 0 Å². The van der Waals surface area contributed by atoms with Crippen LogP contribution in [0.2, 0.25) is 20.1 Å². The summed E-state index contributed by atoms with van der Waals surface area (Å²) in [4.78, 5) is 78.0. The fourth-order valence-electron chi connectivity index (χ4n) is 5.85. The number of azo groups is 2. The summed E-state index contributed by atoms with van der Waals surface area (Å²) in [6.45, 7) is 5.26. The molecule has 0 heterocycles. The summed E-state index contributed by atoms with van der Waals surface area (Å²) in [5, 5.41) is 24.6. The van der Waals surface area contributed by atoms with Gasteiger partial charge in [-0.1, -0.05) is 46.4 Å². The molecule has 0 aliphatic heterocycles. The van der Waals surface area contributed by atoms with Crippen LogP contribution in [0.3, 0.4) is 0 Å². The molecule has 2 unspecified atom stereocenters. The quantitative estimate of drug-likeness (QED) is 0.0484. The van der Waals surface area contributed by atoms with E-state index in [1.54, 1.807) is 13.8 Å². The van der Waals surface area contributed by atoms with E-state index in [1.165, 1.54) is 36.4 Å². The Kier molecular flexibility index (Phi) is 16.5. The number of anilines is 4. The number of alkyl halides is 6. The van der Waals surface area contributed by atoms with Gasteiger partial charge in [-0.2, -0.15) is 46.8 Å². The maximum absolute atomic E-state index is 13.4. The molecule has 4 N–H and O–H groups in total. The van der Waals surface area contributed by atoms with Gasteiger partial charge >= 0.3 is 12.4 Å². The molecule has 5 rings (SSSR count). The van der Waals surface area contributed by atoms with Crippen LogP contribution in [0.5, 0.6) is 0 Å². The molecule has 0 aliphatic carbocycles. The number of benzene rings is 5. The summed E-state index contributed by atoms with van der Waals surface area (Å²) >= 11 is 24.4. The summed E-state index contributed by atoms with van der Waals surface area (Å²) in [6.07, 6.45) is -9.44. The van der Waals surface area contributed by atoms with Gasteiger partial charge in [0.25, 0.3) is 23.6 Å². The molecule has 0 saturated heterocycles. The number of halogens is 10. The Morgan fingerprint density at radius 3 is 1.13 bits per heavy atom. The molecule has 5 aromatic rings. The van der Waals surface area contributed by atoms with Crippen LogP contribution in [0.4, 0.5) is 60.5 Å². The monoisotopic (exact) mass is 1020 g/mol. The van der Waals surface area contributed by atoms with E-state index in [0.717, 1.165) is 50.2 Å². The van der Waals surface area contributed by atoms with Crippen molar-refractivity contribution in [1.82, 2.24) is 0 Å². The van der Waals surface area contributed by atoms with E-state index in [-0.39, 0.29) is 65.3 Å². The fourth-order valence-corrected chi connectivity index (χ4v) is 6.58. The Morgan fingerprint density at radius 1 is 0.471 bits per heavy atom. The maximum atomic E-state index is 13.4. The molecule has 0 aromatic heterocycles. The summed E-state index contributed by atoms with van der Waals surface area (Å²) in [5.74, 6) is -5.23. The van der Waals surface area contributed by atoms with Crippen molar-refractivity contribution in [3.05, 3.63) is 138 Å². The van der Waals surface area contributed by atoms with Gasteiger partial charge in [0, 0.05) is 11.4 Å². The molecule has 0 radical (unpaired) electrons. The van der Waals surface area contributed by atoms with E-state index in [2.05, 4.69) is 41.7 Å². The number of hydrogen-bond donors (Lipinski definition) is 4. The van der Waals surface area contributed by atoms with Crippen LogP contribution in [0.25, 0.3) is 0 Å². The molecule has 354 valence electrons. The van der Waals surface area contributed by atoms with Crippen molar-refractivity contribution in [2.75, 3.05) is 21.3 Å². The summed E-state index contributed by atoms with van der Waals surface area (Å²) in [5.41, 5.74) is -2.34. The first-order valence-electron chi connectivity index (χ1n) is 19.2. The smallest absolute Gasteiger partial charge is 0.324 e. The first-order valence-corrected chi connectivity index (χ1v) is 20.8. The average molecular weight is 1020 g/mol. The second-order valence-corrected chi connectivity index (χ2v) is 16.2. The van der Waals surface area contributed by atoms with Crippen molar-refractivity contribution >= 4 is 116 Å². The third-order valence-corrected chi connectivity index (χ3v) is 10.7. The number of aryl methyl sites for hydroxylation is 2. The molecule has 0 bridgehead atoms. The molecular weight excluding hydrogens is 992 g/mol.